The summed E-state index contributed by atoms with van der Waals surface area (Å²) < 4.78 is 35.0. The minimum Gasteiger partial charge on any atom is -0.490 e. The number of nitrogens with zero attached hydrogens (tertiary/aromatic N) is 3. The summed E-state index contributed by atoms with van der Waals surface area (Å²) in [6.45, 7) is 0.320. The number of benzene rings is 1. The van der Waals surface area contributed by atoms with Gasteiger partial charge in [-0.05, 0) is 37.5 Å². The molecule has 28 heavy (non-hydrogen) atoms. The average molecular weight is 411 g/mol. The number of carbonyl (C=O) groups excluding carboxylic acids is 1. The van der Waals surface area contributed by atoms with Crippen LogP contribution in [0.25, 0.3) is 0 Å². The van der Waals surface area contributed by atoms with Crippen molar-refractivity contribution in [3.8, 4) is 11.5 Å². The Kier molecular flexibility index (Phi) is 6.66. The molecule has 3 rings (SSSR count). The summed E-state index contributed by atoms with van der Waals surface area (Å²) in [5.41, 5.74) is 0.778. The second kappa shape index (κ2) is 9.18. The fraction of sp³-hybridized carbons (Fsp3) is 0.474. The Labute approximate surface area is 166 Å². The zero-order valence-electron chi connectivity index (χ0n) is 15.8. The van der Waals surface area contributed by atoms with Gasteiger partial charge in [-0.15, -0.1) is 11.3 Å². The van der Waals surface area contributed by atoms with Crippen molar-refractivity contribution in [2.45, 2.75) is 39.0 Å². The normalized spacial score (nSPS) is 16.5. The van der Waals surface area contributed by atoms with Crippen molar-refractivity contribution in [2.75, 3.05) is 25.1 Å². The number of thiazole rings is 1. The maximum absolute atomic E-state index is 13.0. The lowest BCUT2D eigenvalue weighted by Gasteiger charge is -2.28. The van der Waals surface area contributed by atoms with Gasteiger partial charge in [-0.2, -0.15) is 8.78 Å². The van der Waals surface area contributed by atoms with Gasteiger partial charge in [0.05, 0.1) is 6.61 Å². The molecule has 2 heterocycles. The fourth-order valence-corrected chi connectivity index (χ4v) is 4.05. The fourth-order valence-electron chi connectivity index (χ4n) is 3.33. The highest BCUT2D eigenvalue weighted by molar-refractivity contribution is 7.13. The minimum atomic E-state index is -2.92. The van der Waals surface area contributed by atoms with Gasteiger partial charge in [-0.25, -0.2) is 4.98 Å². The van der Waals surface area contributed by atoms with Gasteiger partial charge < -0.3 is 19.3 Å². The van der Waals surface area contributed by atoms with E-state index in [4.69, 9.17) is 4.74 Å². The lowest BCUT2D eigenvalue weighted by atomic mass is 10.1. The first-order valence-electron chi connectivity index (χ1n) is 9.11. The molecule has 1 saturated heterocycles. The van der Waals surface area contributed by atoms with Crippen LogP contribution in [0.5, 0.6) is 11.5 Å². The molecule has 1 amide bonds. The topological polar surface area (TPSA) is 54.9 Å². The van der Waals surface area contributed by atoms with Crippen LogP contribution in [-0.2, 0) is 11.3 Å². The van der Waals surface area contributed by atoms with Crippen LogP contribution in [0, 0.1) is 0 Å². The second-order valence-corrected chi connectivity index (χ2v) is 7.33. The van der Waals surface area contributed by atoms with Crippen molar-refractivity contribution in [3.05, 3.63) is 35.3 Å². The molecule has 0 radical (unpaired) electrons. The number of hydrogen-bond acceptors (Lipinski definition) is 6. The van der Waals surface area contributed by atoms with Crippen molar-refractivity contribution in [2.24, 2.45) is 0 Å². The molecule has 9 heteroatoms. The van der Waals surface area contributed by atoms with Gasteiger partial charge in [0.25, 0.3) is 0 Å². The molecule has 0 aliphatic carbocycles. The van der Waals surface area contributed by atoms with Gasteiger partial charge in [0.2, 0.25) is 5.91 Å². The molecular weight excluding hydrogens is 388 g/mol. The summed E-state index contributed by atoms with van der Waals surface area (Å²) >= 11 is 1.52. The maximum atomic E-state index is 13.0. The number of carbonyl (C=O) groups is 1. The molecular formula is C19H23F2N3O3S. The molecule has 1 atom stereocenters. The van der Waals surface area contributed by atoms with Gasteiger partial charge in [0.15, 0.2) is 16.6 Å². The smallest absolute Gasteiger partial charge is 0.387 e. The van der Waals surface area contributed by atoms with E-state index in [-0.39, 0.29) is 23.4 Å². The summed E-state index contributed by atoms with van der Waals surface area (Å²) in [6, 6.07) is 4.52. The van der Waals surface area contributed by atoms with Crippen LogP contribution in [-0.4, -0.2) is 48.6 Å². The number of amides is 1. The molecule has 1 aromatic carbocycles. The number of alkyl halides is 2. The molecule has 1 aliphatic rings. The Bertz CT molecular complexity index is 789. The van der Waals surface area contributed by atoms with Crippen LogP contribution in [0.3, 0.4) is 0 Å². The summed E-state index contributed by atoms with van der Waals surface area (Å²) in [6.07, 6.45) is 3.47. The van der Waals surface area contributed by atoms with Gasteiger partial charge in [-0.3, -0.25) is 4.79 Å². The number of rotatable bonds is 8. The Balaban J connectivity index is 1.70. The van der Waals surface area contributed by atoms with Crippen LogP contribution >= 0.6 is 11.3 Å². The molecule has 0 bridgehead atoms. The van der Waals surface area contributed by atoms with Crippen molar-refractivity contribution in [1.82, 2.24) is 9.88 Å². The largest absolute Gasteiger partial charge is 0.490 e. The SMILES string of the molecule is CCOc1cc(CN(C)C(=O)C2CCCN2c2nccs2)ccc1OC(F)F. The van der Waals surface area contributed by atoms with E-state index < -0.39 is 6.61 Å². The van der Waals surface area contributed by atoms with Crippen LogP contribution in [0.2, 0.25) is 0 Å². The van der Waals surface area contributed by atoms with Crippen LogP contribution in [0.4, 0.5) is 13.9 Å². The standard InChI is InChI=1S/C19H23F2N3O3S/c1-3-26-16-11-13(6-7-15(16)27-18(20)21)12-23(2)17(25)14-5-4-9-24(14)19-22-8-10-28-19/h6-8,10-11,14,18H,3-5,9,12H2,1-2H3. The third-order valence-electron chi connectivity index (χ3n) is 4.52. The van der Waals surface area contributed by atoms with Crippen LogP contribution < -0.4 is 14.4 Å². The highest BCUT2D eigenvalue weighted by Crippen LogP contribution is 2.31. The predicted octanol–water partition coefficient (Wildman–Crippen LogP) is 3.77. The number of likely N-dealkylation sites (N-methyl/N-ethyl adjacent to an activating group) is 1. The second-order valence-electron chi connectivity index (χ2n) is 6.45. The van der Waals surface area contributed by atoms with Gasteiger partial charge in [0, 0.05) is 31.7 Å². The predicted molar refractivity (Wildman–Crippen MR) is 103 cm³/mol. The Morgan fingerprint density at radius 3 is 2.93 bits per heavy atom. The quantitative estimate of drug-likeness (QED) is 0.662. The monoisotopic (exact) mass is 411 g/mol. The third kappa shape index (κ3) is 4.70. The first-order valence-corrected chi connectivity index (χ1v) is 9.99. The summed E-state index contributed by atoms with van der Waals surface area (Å²) in [4.78, 5) is 21.0. The van der Waals surface area contributed by atoms with Crippen LogP contribution in [0.15, 0.2) is 29.8 Å². The van der Waals surface area contributed by atoms with E-state index in [1.165, 1.54) is 17.4 Å². The lowest BCUT2D eigenvalue weighted by Crippen LogP contribution is -2.44. The van der Waals surface area contributed by atoms with E-state index >= 15 is 0 Å². The Hall–Kier alpha value is -2.42. The van der Waals surface area contributed by atoms with E-state index in [2.05, 4.69) is 14.6 Å². The minimum absolute atomic E-state index is 0.0126. The molecule has 1 unspecified atom stereocenters. The maximum Gasteiger partial charge on any atom is 0.387 e. The van der Waals surface area contributed by atoms with Crippen molar-refractivity contribution in [3.63, 3.8) is 0 Å². The van der Waals surface area contributed by atoms with E-state index in [1.54, 1.807) is 37.2 Å². The molecule has 152 valence electrons. The molecule has 1 aromatic heterocycles. The summed E-state index contributed by atoms with van der Waals surface area (Å²) in [7, 11) is 1.74. The number of ether oxygens (including phenoxy) is 2. The van der Waals surface area contributed by atoms with E-state index in [1.807, 2.05) is 5.38 Å². The first kappa shape index (κ1) is 20.3. The number of anilines is 1. The average Bonchev–Trinajstić information content (AvgIpc) is 3.34. The van der Waals surface area contributed by atoms with E-state index in [0.717, 1.165) is 30.1 Å². The number of hydrogen-bond donors (Lipinski definition) is 0. The van der Waals surface area contributed by atoms with Crippen LogP contribution in [0.1, 0.15) is 25.3 Å². The summed E-state index contributed by atoms with van der Waals surface area (Å²) in [5.74, 6) is 0.241. The number of aromatic nitrogens is 1. The molecule has 2 aromatic rings. The highest BCUT2D eigenvalue weighted by atomic mass is 32.1. The molecule has 1 aliphatic heterocycles. The highest BCUT2D eigenvalue weighted by Gasteiger charge is 2.34. The van der Waals surface area contributed by atoms with E-state index in [9.17, 15) is 13.6 Å². The Morgan fingerprint density at radius 1 is 1.43 bits per heavy atom. The van der Waals surface area contributed by atoms with Crippen molar-refractivity contribution in [1.29, 1.82) is 0 Å². The van der Waals surface area contributed by atoms with E-state index in [0.29, 0.717) is 13.2 Å². The van der Waals surface area contributed by atoms with Crippen molar-refractivity contribution >= 4 is 22.4 Å². The van der Waals surface area contributed by atoms with Gasteiger partial charge in [-0.1, -0.05) is 6.07 Å². The van der Waals surface area contributed by atoms with Gasteiger partial charge >= 0.3 is 6.61 Å². The third-order valence-corrected chi connectivity index (χ3v) is 5.33. The van der Waals surface area contributed by atoms with Crippen molar-refractivity contribution < 1.29 is 23.0 Å². The zero-order valence-corrected chi connectivity index (χ0v) is 16.6. The first-order chi connectivity index (χ1) is 13.5. The zero-order chi connectivity index (χ0) is 20.1. The molecule has 0 saturated carbocycles. The Morgan fingerprint density at radius 2 is 2.25 bits per heavy atom. The molecule has 6 nitrogen and oxygen atoms in total. The van der Waals surface area contributed by atoms with Gasteiger partial charge in [0.1, 0.15) is 6.04 Å². The molecule has 0 N–H and O–H groups in total. The summed E-state index contributed by atoms with van der Waals surface area (Å²) in [5, 5.41) is 2.76. The lowest BCUT2D eigenvalue weighted by molar-refractivity contribution is -0.131. The molecule has 1 fully saturated rings. The molecule has 0 spiro atoms. The number of halogens is 2.